The van der Waals surface area contributed by atoms with E-state index >= 15 is 0 Å². The molecule has 1 aliphatic rings. The molecule has 1 fully saturated rings. The van der Waals surface area contributed by atoms with Gasteiger partial charge in [-0.15, -0.1) is 0 Å². The number of ether oxygens (including phenoxy) is 1. The van der Waals surface area contributed by atoms with Crippen molar-refractivity contribution in [3.05, 3.63) is 34.9 Å². The van der Waals surface area contributed by atoms with Gasteiger partial charge in [0.15, 0.2) is 0 Å². The smallest absolute Gasteiger partial charge is 0.260 e. The Hall–Kier alpha value is -2.08. The van der Waals surface area contributed by atoms with Crippen molar-refractivity contribution >= 4 is 11.7 Å². The van der Waals surface area contributed by atoms with Crippen LogP contribution in [0.2, 0.25) is 0 Å². The second-order valence-electron chi connectivity index (χ2n) is 5.77. The van der Waals surface area contributed by atoms with Crippen molar-refractivity contribution in [3.8, 4) is 0 Å². The third-order valence-corrected chi connectivity index (χ3v) is 4.00. The zero-order valence-electron chi connectivity index (χ0n) is 13.2. The van der Waals surface area contributed by atoms with Crippen LogP contribution in [0.15, 0.2) is 16.5 Å². The van der Waals surface area contributed by atoms with E-state index in [-0.39, 0.29) is 5.91 Å². The van der Waals surface area contributed by atoms with Crippen molar-refractivity contribution in [2.24, 2.45) is 7.05 Å². The van der Waals surface area contributed by atoms with Crippen LogP contribution >= 0.6 is 0 Å². The molecule has 0 spiro atoms. The van der Waals surface area contributed by atoms with Crippen molar-refractivity contribution in [2.75, 3.05) is 18.5 Å². The molecule has 3 rings (SSSR count). The lowest BCUT2D eigenvalue weighted by atomic mass is 9.99. The normalized spacial score (nSPS) is 18.4. The number of nitrogens with zero attached hydrogens (tertiary/aromatic N) is 2. The monoisotopic (exact) mass is 303 g/mol. The quantitative estimate of drug-likeness (QED) is 0.946. The molecule has 1 atom stereocenters. The number of carbonyl (C=O) groups excluding carboxylic acids is 1. The van der Waals surface area contributed by atoms with Crippen molar-refractivity contribution in [1.29, 1.82) is 0 Å². The van der Waals surface area contributed by atoms with E-state index in [1.54, 1.807) is 17.7 Å². The summed E-state index contributed by atoms with van der Waals surface area (Å²) in [6.45, 7) is 5.14. The van der Waals surface area contributed by atoms with Gasteiger partial charge in [-0.2, -0.15) is 5.10 Å². The molecule has 118 valence electrons. The maximum Gasteiger partial charge on any atom is 0.260 e. The molecule has 6 nitrogen and oxygen atoms in total. The van der Waals surface area contributed by atoms with Crippen molar-refractivity contribution in [2.45, 2.75) is 32.6 Å². The Bertz CT molecular complexity index is 681. The molecule has 1 amide bonds. The highest BCUT2D eigenvalue weighted by Crippen LogP contribution is 2.26. The van der Waals surface area contributed by atoms with Crippen LogP contribution in [-0.2, 0) is 11.8 Å². The van der Waals surface area contributed by atoms with Crippen LogP contribution < -0.4 is 5.32 Å². The highest BCUT2D eigenvalue weighted by atomic mass is 16.5. The van der Waals surface area contributed by atoms with Gasteiger partial charge in [0.1, 0.15) is 17.3 Å². The summed E-state index contributed by atoms with van der Waals surface area (Å²) in [4.78, 5) is 12.3. The van der Waals surface area contributed by atoms with Gasteiger partial charge in [0, 0.05) is 25.6 Å². The van der Waals surface area contributed by atoms with Gasteiger partial charge in [-0.3, -0.25) is 9.48 Å². The van der Waals surface area contributed by atoms with Crippen LogP contribution in [0.3, 0.4) is 0 Å². The number of hydrogen-bond donors (Lipinski definition) is 1. The Morgan fingerprint density at radius 3 is 2.86 bits per heavy atom. The van der Waals surface area contributed by atoms with Crippen LogP contribution in [0.1, 0.15) is 46.3 Å². The van der Waals surface area contributed by atoms with Crippen molar-refractivity contribution < 1.29 is 13.9 Å². The van der Waals surface area contributed by atoms with Crippen LogP contribution in [0.4, 0.5) is 5.82 Å². The third kappa shape index (κ3) is 2.92. The average molecular weight is 303 g/mol. The number of anilines is 1. The summed E-state index contributed by atoms with van der Waals surface area (Å²) in [7, 11) is 1.83. The summed E-state index contributed by atoms with van der Waals surface area (Å²) in [5, 5.41) is 7.41. The Labute approximate surface area is 129 Å². The fraction of sp³-hybridized carbons (Fsp3) is 0.500. The lowest BCUT2D eigenvalue weighted by Gasteiger charge is -2.19. The van der Waals surface area contributed by atoms with E-state index in [0.29, 0.717) is 29.7 Å². The van der Waals surface area contributed by atoms with Crippen LogP contribution in [-0.4, -0.2) is 28.9 Å². The Kier molecular flexibility index (Phi) is 4.02. The summed E-state index contributed by atoms with van der Waals surface area (Å²) in [6.07, 6.45) is 2.13. The number of aromatic nitrogens is 2. The SMILES string of the molecule is Cc1cc(C(=O)Nc2cc(C3CCCOC3)nn2C)c(C)o1. The molecular formula is C16H21N3O3. The second-order valence-corrected chi connectivity index (χ2v) is 5.77. The van der Waals surface area contributed by atoms with E-state index in [1.807, 2.05) is 20.0 Å². The molecule has 2 aromatic heterocycles. The Morgan fingerprint density at radius 2 is 2.23 bits per heavy atom. The number of nitrogens with one attached hydrogen (secondary N) is 1. The summed E-state index contributed by atoms with van der Waals surface area (Å²) in [6, 6.07) is 3.68. The van der Waals surface area contributed by atoms with Gasteiger partial charge in [-0.1, -0.05) is 0 Å². The molecule has 2 aromatic rings. The molecule has 1 unspecified atom stereocenters. The first-order chi connectivity index (χ1) is 10.5. The third-order valence-electron chi connectivity index (χ3n) is 4.00. The van der Waals surface area contributed by atoms with E-state index in [2.05, 4.69) is 10.4 Å². The molecule has 0 radical (unpaired) electrons. The predicted octanol–water partition coefficient (Wildman–Crippen LogP) is 2.78. The van der Waals surface area contributed by atoms with Gasteiger partial charge in [0.05, 0.1) is 17.9 Å². The number of hydrogen-bond acceptors (Lipinski definition) is 4. The average Bonchev–Trinajstić information content (AvgIpc) is 3.03. The van der Waals surface area contributed by atoms with E-state index in [9.17, 15) is 4.79 Å². The number of amides is 1. The first kappa shape index (κ1) is 14.8. The summed E-state index contributed by atoms with van der Waals surface area (Å²) in [5.41, 5.74) is 1.53. The fourth-order valence-corrected chi connectivity index (χ4v) is 2.82. The van der Waals surface area contributed by atoms with Gasteiger partial charge in [0.25, 0.3) is 5.91 Å². The Balaban J connectivity index is 1.76. The van der Waals surface area contributed by atoms with E-state index in [4.69, 9.17) is 9.15 Å². The molecular weight excluding hydrogens is 282 g/mol. The number of aryl methyl sites for hydroxylation is 3. The molecule has 22 heavy (non-hydrogen) atoms. The zero-order valence-corrected chi connectivity index (χ0v) is 13.2. The maximum atomic E-state index is 12.3. The van der Waals surface area contributed by atoms with Crippen molar-refractivity contribution in [3.63, 3.8) is 0 Å². The fourth-order valence-electron chi connectivity index (χ4n) is 2.82. The minimum atomic E-state index is -0.177. The summed E-state index contributed by atoms with van der Waals surface area (Å²) < 4.78 is 12.6. The molecule has 0 aromatic carbocycles. The lowest BCUT2D eigenvalue weighted by Crippen LogP contribution is -2.16. The van der Waals surface area contributed by atoms with Crippen LogP contribution in [0, 0.1) is 13.8 Å². The predicted molar refractivity (Wildman–Crippen MR) is 82.1 cm³/mol. The highest BCUT2D eigenvalue weighted by molar-refractivity contribution is 6.04. The van der Waals surface area contributed by atoms with Gasteiger partial charge < -0.3 is 14.5 Å². The van der Waals surface area contributed by atoms with Crippen LogP contribution in [0.5, 0.6) is 0 Å². The number of furan rings is 1. The van der Waals surface area contributed by atoms with Crippen molar-refractivity contribution in [1.82, 2.24) is 9.78 Å². The standard InChI is InChI=1S/C16H21N3O3/c1-10-7-13(11(2)22-10)16(20)17-15-8-14(18-19(15)3)12-5-4-6-21-9-12/h7-8,12H,4-6,9H2,1-3H3,(H,17,20). The lowest BCUT2D eigenvalue weighted by molar-refractivity contribution is 0.0791. The number of carbonyl (C=O) groups is 1. The molecule has 1 aliphatic heterocycles. The minimum absolute atomic E-state index is 0.177. The molecule has 0 saturated carbocycles. The topological polar surface area (TPSA) is 69.3 Å². The highest BCUT2D eigenvalue weighted by Gasteiger charge is 2.21. The molecule has 1 N–H and O–H groups in total. The van der Waals surface area contributed by atoms with Gasteiger partial charge in [-0.25, -0.2) is 0 Å². The van der Waals surface area contributed by atoms with E-state index in [1.165, 1.54) is 0 Å². The summed E-state index contributed by atoms with van der Waals surface area (Å²) >= 11 is 0. The largest absolute Gasteiger partial charge is 0.466 e. The number of rotatable bonds is 3. The molecule has 0 bridgehead atoms. The van der Waals surface area contributed by atoms with Gasteiger partial charge in [-0.05, 0) is 32.8 Å². The van der Waals surface area contributed by atoms with Crippen LogP contribution in [0.25, 0.3) is 0 Å². The molecule has 6 heteroatoms. The summed E-state index contributed by atoms with van der Waals surface area (Å²) in [5.74, 6) is 2.17. The van der Waals surface area contributed by atoms with E-state index in [0.717, 1.165) is 30.9 Å². The first-order valence-corrected chi connectivity index (χ1v) is 7.54. The van der Waals surface area contributed by atoms with Gasteiger partial charge in [0.2, 0.25) is 0 Å². The second kappa shape index (κ2) is 5.96. The Morgan fingerprint density at radius 1 is 1.41 bits per heavy atom. The minimum Gasteiger partial charge on any atom is -0.466 e. The molecule has 0 aliphatic carbocycles. The van der Waals surface area contributed by atoms with E-state index < -0.39 is 0 Å². The first-order valence-electron chi connectivity index (χ1n) is 7.54. The van der Waals surface area contributed by atoms with Gasteiger partial charge >= 0.3 is 0 Å². The molecule has 1 saturated heterocycles. The maximum absolute atomic E-state index is 12.3. The molecule has 3 heterocycles. The zero-order chi connectivity index (χ0) is 15.7.